The summed E-state index contributed by atoms with van der Waals surface area (Å²) in [6.07, 6.45) is 8.80. The van der Waals surface area contributed by atoms with Crippen molar-refractivity contribution in [3.8, 4) is 11.6 Å². The highest BCUT2D eigenvalue weighted by Crippen LogP contribution is 2.33. The van der Waals surface area contributed by atoms with Crippen LogP contribution in [-0.2, 0) is 7.05 Å². The van der Waals surface area contributed by atoms with Crippen molar-refractivity contribution < 1.29 is 0 Å². The van der Waals surface area contributed by atoms with Crippen molar-refractivity contribution in [2.45, 2.75) is 31.6 Å². The molecule has 1 saturated carbocycles. The summed E-state index contributed by atoms with van der Waals surface area (Å²) < 4.78 is 2.60. The molecule has 1 aliphatic rings. The van der Waals surface area contributed by atoms with Crippen LogP contribution in [0.25, 0.3) is 11.6 Å². The number of aromatic nitrogens is 4. The molecule has 1 N–H and O–H groups in total. The number of aryl methyl sites for hydroxylation is 1. The molecule has 1 aliphatic carbocycles. The van der Waals surface area contributed by atoms with Crippen LogP contribution in [0.1, 0.15) is 37.3 Å². The minimum absolute atomic E-state index is 0.605. The summed E-state index contributed by atoms with van der Waals surface area (Å²) in [5.41, 5.74) is 1.21. The Kier molecular flexibility index (Phi) is 2.99. The zero-order valence-electron chi connectivity index (χ0n) is 10.4. The first-order chi connectivity index (χ1) is 8.74. The Hall–Kier alpha value is -1.49. The fourth-order valence-corrected chi connectivity index (χ4v) is 2.85. The van der Waals surface area contributed by atoms with Crippen LogP contribution in [0.5, 0.6) is 0 Å². The fourth-order valence-electron chi connectivity index (χ4n) is 2.63. The van der Waals surface area contributed by atoms with Gasteiger partial charge in [0.25, 0.3) is 0 Å². The van der Waals surface area contributed by atoms with E-state index in [9.17, 15) is 0 Å². The molecule has 0 spiro atoms. The minimum atomic E-state index is 0.605. The van der Waals surface area contributed by atoms with Crippen molar-refractivity contribution in [2.75, 3.05) is 0 Å². The number of H-pyrrole nitrogens is 1. The Morgan fingerprint density at radius 1 is 1.39 bits per heavy atom. The van der Waals surface area contributed by atoms with E-state index in [2.05, 4.69) is 15.0 Å². The van der Waals surface area contributed by atoms with E-state index in [1.165, 1.54) is 31.4 Å². The summed E-state index contributed by atoms with van der Waals surface area (Å²) in [7, 11) is 1.96. The van der Waals surface area contributed by atoms with Gasteiger partial charge in [-0.05, 0) is 24.8 Å². The second-order valence-corrected chi connectivity index (χ2v) is 5.28. The third-order valence-corrected chi connectivity index (χ3v) is 3.80. The highest BCUT2D eigenvalue weighted by Gasteiger charge is 2.19. The Labute approximate surface area is 111 Å². The lowest BCUT2D eigenvalue weighted by Crippen LogP contribution is -2.03. The molecule has 0 aromatic carbocycles. The molecule has 0 amide bonds. The number of nitrogens with zero attached hydrogens (tertiary/aromatic N) is 3. The van der Waals surface area contributed by atoms with Crippen molar-refractivity contribution in [1.29, 1.82) is 0 Å². The zero-order chi connectivity index (χ0) is 12.5. The third-order valence-electron chi connectivity index (χ3n) is 3.59. The predicted molar refractivity (Wildman–Crippen MR) is 72.8 cm³/mol. The first kappa shape index (κ1) is 11.6. The van der Waals surface area contributed by atoms with Gasteiger partial charge in [-0.2, -0.15) is 0 Å². The van der Waals surface area contributed by atoms with Crippen LogP contribution < -0.4 is 0 Å². The number of hydrogen-bond donors (Lipinski definition) is 1. The Bertz CT molecular complexity index is 607. The molecule has 94 valence electrons. The average molecular weight is 260 g/mol. The molecule has 4 nitrogen and oxygen atoms in total. The van der Waals surface area contributed by atoms with Crippen LogP contribution in [0.2, 0.25) is 0 Å². The molecule has 3 rings (SSSR count). The maximum atomic E-state index is 5.27. The van der Waals surface area contributed by atoms with E-state index in [-0.39, 0.29) is 0 Å². The number of aromatic amines is 1. The lowest BCUT2D eigenvalue weighted by atomic mass is 10.0. The van der Waals surface area contributed by atoms with E-state index in [1.54, 1.807) is 6.20 Å². The largest absolute Gasteiger partial charge is 0.340 e. The number of hydrogen-bond acceptors (Lipinski definition) is 3. The molecule has 0 bridgehead atoms. The van der Waals surface area contributed by atoms with Crippen molar-refractivity contribution in [1.82, 2.24) is 19.5 Å². The number of nitrogens with one attached hydrogen (secondary N) is 1. The smallest absolute Gasteiger partial charge is 0.175 e. The second kappa shape index (κ2) is 4.65. The quantitative estimate of drug-likeness (QED) is 0.843. The fraction of sp³-hybridized carbons (Fsp3) is 0.462. The molecular formula is C13H16N4S. The van der Waals surface area contributed by atoms with E-state index in [1.807, 2.05) is 23.9 Å². The van der Waals surface area contributed by atoms with Gasteiger partial charge in [-0.3, -0.25) is 0 Å². The first-order valence-electron chi connectivity index (χ1n) is 6.33. The summed E-state index contributed by atoms with van der Waals surface area (Å²) >= 11 is 5.27. The van der Waals surface area contributed by atoms with E-state index in [0.29, 0.717) is 10.6 Å². The maximum Gasteiger partial charge on any atom is 0.175 e. The summed E-state index contributed by atoms with van der Waals surface area (Å²) in [4.78, 5) is 12.1. The zero-order valence-corrected chi connectivity index (χ0v) is 11.2. The molecule has 5 heteroatoms. The van der Waals surface area contributed by atoms with Crippen LogP contribution >= 0.6 is 12.2 Å². The predicted octanol–water partition coefficient (Wildman–Crippen LogP) is 3.20. The second-order valence-electron chi connectivity index (χ2n) is 4.87. The molecule has 0 unspecified atom stereocenters. The number of imidazole rings is 1. The van der Waals surface area contributed by atoms with E-state index in [4.69, 9.17) is 12.2 Å². The van der Waals surface area contributed by atoms with Gasteiger partial charge in [0.1, 0.15) is 4.64 Å². The number of rotatable bonds is 2. The van der Waals surface area contributed by atoms with Gasteiger partial charge in [0, 0.05) is 25.1 Å². The summed E-state index contributed by atoms with van der Waals surface area (Å²) in [5.74, 6) is 2.21. The van der Waals surface area contributed by atoms with Crippen molar-refractivity contribution in [2.24, 2.45) is 7.05 Å². The average Bonchev–Trinajstić information content (AvgIpc) is 2.98. The maximum absolute atomic E-state index is 5.27. The molecule has 0 radical (unpaired) electrons. The standard InChI is InChI=1S/C13H16N4S/c1-17-7-6-14-13(17)12-15-10(8-11(18)16-12)9-4-2-3-5-9/h6-9H,2-5H2,1H3,(H,15,16,18). The Morgan fingerprint density at radius 2 is 2.17 bits per heavy atom. The van der Waals surface area contributed by atoms with E-state index < -0.39 is 0 Å². The van der Waals surface area contributed by atoms with Gasteiger partial charge in [0.15, 0.2) is 11.6 Å². The Balaban J connectivity index is 2.06. The lowest BCUT2D eigenvalue weighted by molar-refractivity contribution is 0.693. The highest BCUT2D eigenvalue weighted by atomic mass is 32.1. The Morgan fingerprint density at radius 3 is 2.83 bits per heavy atom. The van der Waals surface area contributed by atoms with Crippen molar-refractivity contribution >= 4 is 12.2 Å². The van der Waals surface area contributed by atoms with E-state index in [0.717, 1.165) is 11.6 Å². The minimum Gasteiger partial charge on any atom is -0.340 e. The van der Waals surface area contributed by atoms with Gasteiger partial charge < -0.3 is 9.55 Å². The molecule has 0 saturated heterocycles. The molecule has 0 atom stereocenters. The van der Waals surface area contributed by atoms with Crippen LogP contribution in [0, 0.1) is 4.64 Å². The van der Waals surface area contributed by atoms with Gasteiger partial charge in [0.2, 0.25) is 0 Å². The summed E-state index contributed by atoms with van der Waals surface area (Å²) in [6.45, 7) is 0. The molecule has 1 fully saturated rings. The normalized spacial score (nSPS) is 16.3. The van der Waals surface area contributed by atoms with Crippen LogP contribution in [-0.4, -0.2) is 19.5 Å². The van der Waals surface area contributed by atoms with Gasteiger partial charge in [0.05, 0.1) is 0 Å². The molecular weight excluding hydrogens is 244 g/mol. The SMILES string of the molecule is Cn1ccnc1-c1nc(=S)cc(C2CCCC2)[nH]1. The highest BCUT2D eigenvalue weighted by molar-refractivity contribution is 7.71. The van der Waals surface area contributed by atoms with Crippen LogP contribution in [0.4, 0.5) is 0 Å². The van der Waals surface area contributed by atoms with Crippen LogP contribution in [0.3, 0.4) is 0 Å². The van der Waals surface area contributed by atoms with Gasteiger partial charge in [-0.25, -0.2) is 9.97 Å². The molecule has 0 aliphatic heterocycles. The van der Waals surface area contributed by atoms with Gasteiger partial charge >= 0.3 is 0 Å². The van der Waals surface area contributed by atoms with Gasteiger partial charge in [-0.1, -0.05) is 25.1 Å². The third kappa shape index (κ3) is 2.10. The molecule has 2 heterocycles. The van der Waals surface area contributed by atoms with Gasteiger partial charge in [-0.15, -0.1) is 0 Å². The molecule has 2 aromatic rings. The monoisotopic (exact) mass is 260 g/mol. The summed E-state index contributed by atoms with van der Waals surface area (Å²) in [5, 5.41) is 0. The van der Waals surface area contributed by atoms with Crippen molar-refractivity contribution in [3.05, 3.63) is 28.8 Å². The summed E-state index contributed by atoms with van der Waals surface area (Å²) in [6, 6.07) is 2.00. The van der Waals surface area contributed by atoms with Crippen LogP contribution in [0.15, 0.2) is 18.5 Å². The van der Waals surface area contributed by atoms with E-state index >= 15 is 0 Å². The first-order valence-corrected chi connectivity index (χ1v) is 6.74. The molecule has 18 heavy (non-hydrogen) atoms. The van der Waals surface area contributed by atoms with Crippen molar-refractivity contribution in [3.63, 3.8) is 0 Å². The topological polar surface area (TPSA) is 46.5 Å². The lowest BCUT2D eigenvalue weighted by Gasteiger charge is -2.11. The molecule has 2 aromatic heterocycles.